The van der Waals surface area contributed by atoms with Crippen LogP contribution in [0, 0.1) is 13.8 Å². The average Bonchev–Trinajstić information content (AvgIpc) is 2.85. The van der Waals surface area contributed by atoms with E-state index in [0.717, 1.165) is 0 Å². The number of aryl methyl sites for hydroxylation is 2. The number of hydrogen-bond donors (Lipinski definition) is 2. The van der Waals surface area contributed by atoms with E-state index in [2.05, 4.69) is 4.72 Å². The Hall–Kier alpha value is -1.54. The fourth-order valence-electron chi connectivity index (χ4n) is 2.36. The van der Waals surface area contributed by atoms with E-state index >= 15 is 0 Å². The third-order valence-corrected chi connectivity index (χ3v) is 5.34. The van der Waals surface area contributed by atoms with Crippen molar-refractivity contribution >= 4 is 21.6 Å². The molecule has 0 aliphatic heterocycles. The van der Waals surface area contributed by atoms with Crippen LogP contribution >= 0.6 is 11.6 Å². The molecule has 0 unspecified atom stereocenters. The van der Waals surface area contributed by atoms with Crippen molar-refractivity contribution in [2.24, 2.45) is 0 Å². The number of aliphatic hydroxyl groups excluding tert-OH is 1. The molecule has 0 aliphatic carbocycles. The van der Waals surface area contributed by atoms with Gasteiger partial charge in [0.15, 0.2) is 0 Å². The minimum Gasteiger partial charge on any atom is -0.495 e. The molecule has 0 spiro atoms. The highest BCUT2D eigenvalue weighted by Crippen LogP contribution is 2.27. The number of aliphatic hydroxyl groups is 1. The summed E-state index contributed by atoms with van der Waals surface area (Å²) in [6, 6.07) is 5.97. The van der Waals surface area contributed by atoms with Crippen LogP contribution in [0.25, 0.3) is 0 Å². The summed E-state index contributed by atoms with van der Waals surface area (Å²) in [4.78, 5) is 0.0399. The van der Waals surface area contributed by atoms with Crippen LogP contribution in [0.2, 0.25) is 5.02 Å². The molecule has 0 saturated heterocycles. The second-order valence-corrected chi connectivity index (χ2v) is 7.54. The summed E-state index contributed by atoms with van der Waals surface area (Å²) in [5, 5.41) is 10.4. The molecule has 1 heterocycles. The number of hydrogen-bond acceptors (Lipinski definition) is 5. The minimum absolute atomic E-state index is 0.0399. The summed E-state index contributed by atoms with van der Waals surface area (Å²) in [7, 11) is -2.26. The normalized spacial score (nSPS) is 13.0. The zero-order chi connectivity index (χ0) is 17.9. The van der Waals surface area contributed by atoms with Crippen LogP contribution in [0.4, 0.5) is 0 Å². The molecule has 0 bridgehead atoms. The molecule has 8 heteroatoms. The molecule has 24 heavy (non-hydrogen) atoms. The Kier molecular flexibility index (Phi) is 5.92. The highest BCUT2D eigenvalue weighted by atomic mass is 35.5. The van der Waals surface area contributed by atoms with Gasteiger partial charge in [0, 0.05) is 12.1 Å². The molecule has 0 saturated carbocycles. The predicted octanol–water partition coefficient (Wildman–Crippen LogP) is 2.96. The van der Waals surface area contributed by atoms with E-state index in [1.165, 1.54) is 25.3 Å². The molecule has 6 nitrogen and oxygen atoms in total. The number of furan rings is 1. The van der Waals surface area contributed by atoms with Crippen molar-refractivity contribution in [3.05, 3.63) is 46.4 Å². The molecular weight excluding hydrogens is 354 g/mol. The molecule has 1 aromatic heterocycles. The molecule has 0 aliphatic rings. The van der Waals surface area contributed by atoms with E-state index < -0.39 is 16.1 Å². The van der Waals surface area contributed by atoms with E-state index in [9.17, 15) is 13.5 Å². The third kappa shape index (κ3) is 4.30. The molecule has 1 atom stereocenters. The maximum absolute atomic E-state index is 12.3. The molecule has 2 aromatic rings. The van der Waals surface area contributed by atoms with Crippen molar-refractivity contribution in [3.8, 4) is 5.75 Å². The summed E-state index contributed by atoms with van der Waals surface area (Å²) >= 11 is 5.95. The zero-order valence-corrected chi connectivity index (χ0v) is 15.2. The minimum atomic E-state index is -3.72. The average molecular weight is 374 g/mol. The predicted molar refractivity (Wildman–Crippen MR) is 91.0 cm³/mol. The number of halogens is 1. The van der Waals surface area contributed by atoms with Crippen molar-refractivity contribution in [1.29, 1.82) is 0 Å². The second-order valence-electron chi connectivity index (χ2n) is 5.37. The van der Waals surface area contributed by atoms with Crippen molar-refractivity contribution in [2.75, 3.05) is 13.7 Å². The van der Waals surface area contributed by atoms with E-state index in [1.807, 2.05) is 0 Å². The van der Waals surface area contributed by atoms with Crippen LogP contribution in [0.3, 0.4) is 0 Å². The van der Waals surface area contributed by atoms with Gasteiger partial charge in [-0.1, -0.05) is 11.6 Å². The lowest BCUT2D eigenvalue weighted by Gasteiger charge is -2.12. The summed E-state index contributed by atoms with van der Waals surface area (Å²) in [5.74, 6) is 1.73. The standard InChI is InChI=1S/C16H20ClNO5S/c1-10-8-13(11(2)23-10)15(19)6-7-18-24(20,21)12-4-5-16(22-3)14(17)9-12/h4-5,8-9,15,18-19H,6-7H2,1-3H3/t15-/m1/s1. The second kappa shape index (κ2) is 7.57. The first-order valence-corrected chi connectivity index (χ1v) is 9.19. The van der Waals surface area contributed by atoms with Gasteiger partial charge in [0.25, 0.3) is 0 Å². The largest absolute Gasteiger partial charge is 0.495 e. The summed E-state index contributed by atoms with van der Waals surface area (Å²) in [6.07, 6.45) is -0.576. The van der Waals surface area contributed by atoms with Gasteiger partial charge in [0.05, 0.1) is 23.1 Å². The number of rotatable bonds is 7. The first-order valence-electron chi connectivity index (χ1n) is 7.33. The molecule has 2 rings (SSSR count). The van der Waals surface area contributed by atoms with Crippen molar-refractivity contribution in [1.82, 2.24) is 4.72 Å². The van der Waals surface area contributed by atoms with Crippen LogP contribution in [-0.4, -0.2) is 27.2 Å². The van der Waals surface area contributed by atoms with Gasteiger partial charge in [-0.05, 0) is 44.5 Å². The smallest absolute Gasteiger partial charge is 0.240 e. The van der Waals surface area contributed by atoms with E-state index in [-0.39, 0.29) is 22.9 Å². The lowest BCUT2D eigenvalue weighted by Crippen LogP contribution is -2.26. The Bertz CT molecular complexity index is 816. The van der Waals surface area contributed by atoms with Gasteiger partial charge in [-0.25, -0.2) is 13.1 Å². The van der Waals surface area contributed by atoms with Crippen molar-refractivity contribution in [3.63, 3.8) is 0 Å². The van der Waals surface area contributed by atoms with Gasteiger partial charge in [-0.3, -0.25) is 0 Å². The molecule has 0 fully saturated rings. The Morgan fingerprint density at radius 2 is 2.04 bits per heavy atom. The lowest BCUT2D eigenvalue weighted by molar-refractivity contribution is 0.167. The molecule has 0 radical (unpaired) electrons. The third-order valence-electron chi connectivity index (χ3n) is 3.58. The molecular formula is C16H20ClNO5S. The Morgan fingerprint density at radius 3 is 2.58 bits per heavy atom. The van der Waals surface area contributed by atoms with Crippen molar-refractivity contribution < 1.29 is 22.7 Å². The van der Waals surface area contributed by atoms with Gasteiger partial charge in [-0.2, -0.15) is 0 Å². The van der Waals surface area contributed by atoms with Crippen LogP contribution in [0.5, 0.6) is 5.75 Å². The van der Waals surface area contributed by atoms with Gasteiger partial charge < -0.3 is 14.3 Å². The van der Waals surface area contributed by atoms with E-state index in [0.29, 0.717) is 22.8 Å². The molecule has 0 amide bonds. The zero-order valence-electron chi connectivity index (χ0n) is 13.7. The SMILES string of the molecule is COc1ccc(S(=O)(=O)NCC[C@@H](O)c2cc(C)oc2C)cc1Cl. The summed E-state index contributed by atoms with van der Waals surface area (Å²) in [6.45, 7) is 3.63. The number of sulfonamides is 1. The highest BCUT2D eigenvalue weighted by Gasteiger charge is 2.18. The van der Waals surface area contributed by atoms with E-state index in [4.69, 9.17) is 20.8 Å². The molecule has 2 N–H and O–H groups in total. The van der Waals surface area contributed by atoms with Gasteiger partial charge >= 0.3 is 0 Å². The van der Waals surface area contributed by atoms with Crippen LogP contribution < -0.4 is 9.46 Å². The highest BCUT2D eigenvalue weighted by molar-refractivity contribution is 7.89. The molecule has 1 aromatic carbocycles. The van der Waals surface area contributed by atoms with Gasteiger partial charge in [0.1, 0.15) is 17.3 Å². The monoisotopic (exact) mass is 373 g/mol. The van der Waals surface area contributed by atoms with Crippen molar-refractivity contribution in [2.45, 2.75) is 31.3 Å². The topological polar surface area (TPSA) is 88.8 Å². The maximum atomic E-state index is 12.3. The Labute approximate surface area is 146 Å². The van der Waals surface area contributed by atoms with Crippen LogP contribution in [0.15, 0.2) is 33.6 Å². The fraction of sp³-hybridized carbons (Fsp3) is 0.375. The number of methoxy groups -OCH3 is 1. The summed E-state index contributed by atoms with van der Waals surface area (Å²) < 4.78 is 37.3. The Balaban J connectivity index is 2.00. The quantitative estimate of drug-likeness (QED) is 0.778. The Morgan fingerprint density at radius 1 is 1.33 bits per heavy atom. The number of benzene rings is 1. The lowest BCUT2D eigenvalue weighted by atomic mass is 10.1. The first kappa shape index (κ1) is 18.8. The fourth-order valence-corrected chi connectivity index (χ4v) is 3.76. The first-order chi connectivity index (χ1) is 11.2. The maximum Gasteiger partial charge on any atom is 0.240 e. The number of nitrogens with one attached hydrogen (secondary N) is 1. The number of ether oxygens (including phenoxy) is 1. The van der Waals surface area contributed by atoms with Gasteiger partial charge in [0.2, 0.25) is 10.0 Å². The van der Waals surface area contributed by atoms with E-state index in [1.54, 1.807) is 19.9 Å². The van der Waals surface area contributed by atoms with Crippen LogP contribution in [-0.2, 0) is 10.0 Å². The molecule has 132 valence electrons. The summed E-state index contributed by atoms with van der Waals surface area (Å²) in [5.41, 5.74) is 0.666. The van der Waals surface area contributed by atoms with Crippen LogP contribution in [0.1, 0.15) is 29.6 Å². The van der Waals surface area contributed by atoms with Gasteiger partial charge in [-0.15, -0.1) is 0 Å².